The van der Waals surface area contributed by atoms with Gasteiger partial charge in [0.15, 0.2) is 5.13 Å². The number of anilines is 1. The first kappa shape index (κ1) is 17.9. The van der Waals surface area contributed by atoms with Gasteiger partial charge in [0.2, 0.25) is 0 Å². The highest BCUT2D eigenvalue weighted by Gasteiger charge is 2.27. The van der Waals surface area contributed by atoms with Crippen LogP contribution in [0.4, 0.5) is 5.13 Å². The third-order valence-corrected chi connectivity index (χ3v) is 6.92. The van der Waals surface area contributed by atoms with Crippen molar-refractivity contribution < 1.29 is 14.3 Å². The number of benzene rings is 1. The van der Waals surface area contributed by atoms with Crippen LogP contribution in [0.15, 0.2) is 34.1 Å². The number of nitrogens with zero attached hydrogens (tertiary/aromatic N) is 2. The predicted molar refractivity (Wildman–Crippen MR) is 109 cm³/mol. The first-order valence-corrected chi connectivity index (χ1v) is 10.7. The molecule has 1 saturated heterocycles. The van der Waals surface area contributed by atoms with Gasteiger partial charge in [0.25, 0.3) is 5.91 Å². The molecule has 0 saturated carbocycles. The van der Waals surface area contributed by atoms with Crippen molar-refractivity contribution in [2.24, 2.45) is 0 Å². The molecule has 0 spiro atoms. The monoisotopic (exact) mass is 452 g/mol. The lowest BCUT2D eigenvalue weighted by molar-refractivity contribution is 0.0920. The zero-order valence-electron chi connectivity index (χ0n) is 14.1. The van der Waals surface area contributed by atoms with E-state index in [1.807, 2.05) is 30.3 Å². The fraction of sp³-hybridized carbons (Fsp3) is 0.333. The smallest absolute Gasteiger partial charge is 0.270 e. The Hall–Kier alpha value is -1.48. The van der Waals surface area contributed by atoms with Gasteiger partial charge in [-0.05, 0) is 53.0 Å². The lowest BCUT2D eigenvalue weighted by atomic mass is 10.2. The van der Waals surface area contributed by atoms with Crippen LogP contribution in [-0.2, 0) is 4.74 Å². The minimum absolute atomic E-state index is 0.0396. The summed E-state index contributed by atoms with van der Waals surface area (Å²) in [6.45, 7) is 1.28. The molecule has 0 radical (unpaired) electrons. The first-order chi connectivity index (χ1) is 12.6. The fourth-order valence-electron chi connectivity index (χ4n) is 2.94. The molecule has 8 heteroatoms. The Labute approximate surface area is 167 Å². The molecule has 1 aliphatic rings. The quantitative estimate of drug-likeness (QED) is 0.549. The summed E-state index contributed by atoms with van der Waals surface area (Å²) in [7, 11) is 1.64. The topological polar surface area (TPSA) is 51.7 Å². The summed E-state index contributed by atoms with van der Waals surface area (Å²) in [6, 6.07) is 9.52. The van der Waals surface area contributed by atoms with Gasteiger partial charge in [0.1, 0.15) is 5.75 Å². The fourth-order valence-corrected chi connectivity index (χ4v) is 5.23. The number of carbonyl (C=O) groups excluding carboxylic acids is 1. The highest BCUT2D eigenvalue weighted by atomic mass is 79.9. The minimum atomic E-state index is -0.0396. The van der Waals surface area contributed by atoms with E-state index in [1.165, 1.54) is 22.7 Å². The second kappa shape index (κ2) is 7.64. The third-order valence-electron chi connectivity index (χ3n) is 4.25. The molecule has 5 nitrogen and oxygen atoms in total. The van der Waals surface area contributed by atoms with Crippen LogP contribution in [-0.4, -0.2) is 37.3 Å². The van der Waals surface area contributed by atoms with Crippen LogP contribution < -0.4 is 9.64 Å². The number of amides is 1. The maximum Gasteiger partial charge on any atom is 0.270 e. The molecule has 1 atom stereocenters. The lowest BCUT2D eigenvalue weighted by Gasteiger charge is -2.22. The molecule has 4 rings (SSSR count). The Kier molecular flexibility index (Phi) is 5.26. The average molecular weight is 453 g/mol. The molecule has 26 heavy (non-hydrogen) atoms. The molecule has 1 aliphatic heterocycles. The van der Waals surface area contributed by atoms with E-state index in [0.717, 1.165) is 39.2 Å². The number of aromatic nitrogens is 1. The molecule has 136 valence electrons. The third kappa shape index (κ3) is 3.64. The second-order valence-electron chi connectivity index (χ2n) is 5.98. The number of hydrogen-bond acceptors (Lipinski definition) is 6. The molecular weight excluding hydrogens is 436 g/mol. The van der Waals surface area contributed by atoms with Crippen molar-refractivity contribution in [2.45, 2.75) is 18.9 Å². The molecular formula is C18H17BrN2O3S2. The van der Waals surface area contributed by atoms with Crippen molar-refractivity contribution in [3.63, 3.8) is 0 Å². The predicted octanol–water partition coefficient (Wildman–Crippen LogP) is 4.95. The molecule has 3 aromatic rings. The number of thiophene rings is 1. The van der Waals surface area contributed by atoms with Crippen molar-refractivity contribution in [1.29, 1.82) is 0 Å². The van der Waals surface area contributed by atoms with Gasteiger partial charge in [0, 0.05) is 12.7 Å². The van der Waals surface area contributed by atoms with Gasteiger partial charge in [-0.15, -0.1) is 11.3 Å². The molecule has 0 bridgehead atoms. The second-order valence-corrected chi connectivity index (χ2v) is 9.46. The van der Waals surface area contributed by atoms with E-state index >= 15 is 0 Å². The average Bonchev–Trinajstić information content (AvgIpc) is 3.38. The van der Waals surface area contributed by atoms with Crippen LogP contribution in [0.3, 0.4) is 0 Å². The number of hydrogen-bond donors (Lipinski definition) is 0. The molecule has 1 amide bonds. The summed E-state index contributed by atoms with van der Waals surface area (Å²) in [6.07, 6.45) is 2.06. The molecule has 1 aromatic carbocycles. The molecule has 0 N–H and O–H groups in total. The summed E-state index contributed by atoms with van der Waals surface area (Å²) in [5.74, 6) is 0.718. The van der Waals surface area contributed by atoms with Gasteiger partial charge in [-0.1, -0.05) is 11.3 Å². The Morgan fingerprint density at radius 3 is 2.96 bits per heavy atom. The van der Waals surface area contributed by atoms with Crippen molar-refractivity contribution in [3.8, 4) is 5.75 Å². The standard InChI is InChI=1S/C18H17BrN2O3S2/c1-23-11-4-5-14-13(9-11)20-18(26-14)21(10-12-3-2-8-24-12)17(22)15-6-7-16(19)25-15/h4-7,9,12H,2-3,8,10H2,1H3. The largest absolute Gasteiger partial charge is 0.497 e. The Morgan fingerprint density at radius 1 is 1.38 bits per heavy atom. The number of thiazole rings is 1. The molecule has 0 aliphatic carbocycles. The number of halogens is 1. The van der Waals surface area contributed by atoms with Crippen LogP contribution in [0, 0.1) is 0 Å². The Balaban J connectivity index is 1.70. The number of methoxy groups -OCH3 is 1. The van der Waals surface area contributed by atoms with Crippen LogP contribution in [0.2, 0.25) is 0 Å². The van der Waals surface area contributed by atoms with Gasteiger partial charge in [-0.2, -0.15) is 0 Å². The van der Waals surface area contributed by atoms with Crippen LogP contribution >= 0.6 is 38.6 Å². The van der Waals surface area contributed by atoms with Crippen LogP contribution in [0.25, 0.3) is 10.2 Å². The maximum absolute atomic E-state index is 13.1. The summed E-state index contributed by atoms with van der Waals surface area (Å²) in [5, 5.41) is 0.693. The Bertz CT molecular complexity index is 934. The van der Waals surface area contributed by atoms with Gasteiger partial charge in [-0.3, -0.25) is 9.69 Å². The summed E-state index contributed by atoms with van der Waals surface area (Å²) in [4.78, 5) is 20.3. The van der Waals surface area contributed by atoms with Crippen molar-refractivity contribution >= 4 is 59.9 Å². The number of fused-ring (bicyclic) bond motifs is 1. The van der Waals surface area contributed by atoms with Crippen molar-refractivity contribution in [1.82, 2.24) is 4.98 Å². The highest BCUT2D eigenvalue weighted by molar-refractivity contribution is 9.11. The van der Waals surface area contributed by atoms with E-state index in [2.05, 4.69) is 15.9 Å². The zero-order chi connectivity index (χ0) is 18.1. The van der Waals surface area contributed by atoms with E-state index in [0.29, 0.717) is 16.6 Å². The minimum Gasteiger partial charge on any atom is -0.497 e. The first-order valence-electron chi connectivity index (χ1n) is 8.27. The maximum atomic E-state index is 13.1. The molecule has 1 fully saturated rings. The number of carbonyl (C=O) groups is 1. The number of rotatable bonds is 5. The van der Waals surface area contributed by atoms with Gasteiger partial charge < -0.3 is 9.47 Å². The van der Waals surface area contributed by atoms with E-state index < -0.39 is 0 Å². The van der Waals surface area contributed by atoms with E-state index in [1.54, 1.807) is 12.0 Å². The van der Waals surface area contributed by atoms with E-state index in [-0.39, 0.29) is 12.0 Å². The number of ether oxygens (including phenoxy) is 2. The van der Waals surface area contributed by atoms with E-state index in [9.17, 15) is 4.79 Å². The van der Waals surface area contributed by atoms with Gasteiger partial charge in [0.05, 0.1) is 38.6 Å². The van der Waals surface area contributed by atoms with Crippen molar-refractivity contribution in [3.05, 3.63) is 39.0 Å². The van der Waals surface area contributed by atoms with Crippen LogP contribution in [0.5, 0.6) is 5.75 Å². The summed E-state index contributed by atoms with van der Waals surface area (Å²) < 4.78 is 13.0. The zero-order valence-corrected chi connectivity index (χ0v) is 17.3. The lowest BCUT2D eigenvalue weighted by Crippen LogP contribution is -2.37. The van der Waals surface area contributed by atoms with E-state index in [4.69, 9.17) is 14.5 Å². The Morgan fingerprint density at radius 2 is 2.27 bits per heavy atom. The molecule has 3 heterocycles. The van der Waals surface area contributed by atoms with Gasteiger partial charge >= 0.3 is 0 Å². The van der Waals surface area contributed by atoms with Gasteiger partial charge in [-0.25, -0.2) is 4.98 Å². The van der Waals surface area contributed by atoms with Crippen LogP contribution in [0.1, 0.15) is 22.5 Å². The highest BCUT2D eigenvalue weighted by Crippen LogP contribution is 2.34. The SMILES string of the molecule is COc1ccc2sc(N(CC3CCCO3)C(=O)c3ccc(Br)s3)nc2c1. The normalized spacial score (nSPS) is 16.9. The molecule has 2 aromatic heterocycles. The summed E-state index contributed by atoms with van der Waals surface area (Å²) >= 11 is 6.38. The van der Waals surface area contributed by atoms with Crippen molar-refractivity contribution in [2.75, 3.05) is 25.2 Å². The summed E-state index contributed by atoms with van der Waals surface area (Å²) in [5.41, 5.74) is 0.835. The molecule has 1 unspecified atom stereocenters.